The highest BCUT2D eigenvalue weighted by Crippen LogP contribution is 2.26. The molecule has 0 saturated carbocycles. The van der Waals surface area contributed by atoms with Crippen LogP contribution in [0.4, 0.5) is 0 Å². The molecule has 0 aliphatic rings. The molecule has 0 aromatic heterocycles. The largest absolute Gasteiger partial charge is 0.489 e. The molecule has 0 fully saturated rings. The summed E-state index contributed by atoms with van der Waals surface area (Å²) in [6.07, 6.45) is 0. The lowest BCUT2D eigenvalue weighted by Gasteiger charge is -2.17. The first-order valence-electron chi connectivity index (χ1n) is 6.93. The fourth-order valence-electron chi connectivity index (χ4n) is 2.01. The summed E-state index contributed by atoms with van der Waals surface area (Å²) in [5.41, 5.74) is 2.55. The summed E-state index contributed by atoms with van der Waals surface area (Å²) in [6, 6.07) is 18.7. The second-order valence-corrected chi connectivity index (χ2v) is 5.38. The van der Waals surface area contributed by atoms with Crippen LogP contribution in [-0.4, -0.2) is 0 Å². The molecule has 1 nitrogen and oxygen atoms in total. The van der Waals surface area contributed by atoms with Crippen LogP contribution < -0.4 is 4.74 Å². The van der Waals surface area contributed by atoms with Crippen molar-refractivity contribution < 1.29 is 4.74 Å². The average molecular weight is 254 g/mol. The van der Waals surface area contributed by atoms with Crippen molar-refractivity contribution in [2.45, 2.75) is 33.3 Å². The van der Waals surface area contributed by atoms with Crippen molar-refractivity contribution in [3.05, 3.63) is 65.7 Å². The highest BCUT2D eigenvalue weighted by atomic mass is 16.5. The summed E-state index contributed by atoms with van der Waals surface area (Å²) in [5, 5.41) is 0. The summed E-state index contributed by atoms with van der Waals surface area (Å²) in [5.74, 6) is 2.15. The Hall–Kier alpha value is -1.76. The van der Waals surface area contributed by atoms with E-state index in [2.05, 4.69) is 51.1 Å². The molecular formula is C18H22O. The van der Waals surface area contributed by atoms with Crippen LogP contribution >= 0.6 is 0 Å². The van der Waals surface area contributed by atoms with Crippen LogP contribution in [0.3, 0.4) is 0 Å². The molecule has 0 amide bonds. The third-order valence-electron chi connectivity index (χ3n) is 3.63. The predicted molar refractivity (Wildman–Crippen MR) is 80.5 cm³/mol. The van der Waals surface area contributed by atoms with Gasteiger partial charge in [-0.3, -0.25) is 0 Å². The first kappa shape index (κ1) is 13.7. The molecule has 2 aromatic carbocycles. The Morgan fingerprint density at radius 3 is 2.32 bits per heavy atom. The zero-order valence-electron chi connectivity index (χ0n) is 12.0. The zero-order valence-corrected chi connectivity index (χ0v) is 12.0. The first-order valence-corrected chi connectivity index (χ1v) is 6.93. The monoisotopic (exact) mass is 254 g/mol. The van der Waals surface area contributed by atoms with E-state index in [-0.39, 0.29) is 0 Å². The predicted octanol–water partition coefficient (Wildman–Crippen LogP) is 5.03. The van der Waals surface area contributed by atoms with Gasteiger partial charge in [-0.1, -0.05) is 63.2 Å². The van der Waals surface area contributed by atoms with Gasteiger partial charge in [-0.15, -0.1) is 0 Å². The van der Waals surface area contributed by atoms with Crippen molar-refractivity contribution in [1.82, 2.24) is 0 Å². The van der Waals surface area contributed by atoms with Crippen molar-refractivity contribution in [2.75, 3.05) is 0 Å². The molecule has 100 valence electrons. The molecule has 0 aliphatic heterocycles. The van der Waals surface area contributed by atoms with E-state index in [9.17, 15) is 0 Å². The average Bonchev–Trinajstić information content (AvgIpc) is 2.45. The smallest absolute Gasteiger partial charge is 0.120 e. The molecule has 1 heteroatoms. The van der Waals surface area contributed by atoms with Gasteiger partial charge in [0.1, 0.15) is 12.4 Å². The fraction of sp³-hybridized carbons (Fsp3) is 0.333. The van der Waals surface area contributed by atoms with Crippen LogP contribution in [0, 0.1) is 5.92 Å². The van der Waals surface area contributed by atoms with E-state index in [1.54, 1.807) is 0 Å². The Morgan fingerprint density at radius 1 is 0.895 bits per heavy atom. The molecular weight excluding hydrogens is 232 g/mol. The minimum absolute atomic E-state index is 0.556. The maximum Gasteiger partial charge on any atom is 0.120 e. The molecule has 0 spiro atoms. The van der Waals surface area contributed by atoms with Gasteiger partial charge in [0.05, 0.1) is 0 Å². The summed E-state index contributed by atoms with van der Waals surface area (Å²) in [4.78, 5) is 0. The highest BCUT2D eigenvalue weighted by molar-refractivity contribution is 5.31. The Labute approximate surface area is 116 Å². The summed E-state index contributed by atoms with van der Waals surface area (Å²) < 4.78 is 5.86. The molecule has 2 aromatic rings. The number of ether oxygens (including phenoxy) is 1. The molecule has 0 heterocycles. The quantitative estimate of drug-likeness (QED) is 0.727. The lowest BCUT2D eigenvalue weighted by atomic mass is 9.90. The maximum absolute atomic E-state index is 5.86. The summed E-state index contributed by atoms with van der Waals surface area (Å²) >= 11 is 0. The second kappa shape index (κ2) is 6.42. The molecule has 1 atom stereocenters. The van der Waals surface area contributed by atoms with Crippen molar-refractivity contribution >= 4 is 0 Å². The van der Waals surface area contributed by atoms with Crippen LogP contribution in [-0.2, 0) is 6.61 Å². The second-order valence-electron chi connectivity index (χ2n) is 5.38. The Bertz CT molecular complexity index is 502. The number of hydrogen-bond acceptors (Lipinski definition) is 1. The van der Waals surface area contributed by atoms with Crippen LogP contribution in [0.15, 0.2) is 54.6 Å². The third-order valence-corrected chi connectivity index (χ3v) is 3.63. The van der Waals surface area contributed by atoms with Crippen LogP contribution in [0.1, 0.15) is 37.8 Å². The van der Waals surface area contributed by atoms with E-state index in [1.165, 1.54) is 11.1 Å². The molecule has 0 aliphatic carbocycles. The van der Waals surface area contributed by atoms with Gasteiger partial charge >= 0.3 is 0 Å². The van der Waals surface area contributed by atoms with Crippen LogP contribution in [0.5, 0.6) is 5.75 Å². The molecule has 0 N–H and O–H groups in total. The maximum atomic E-state index is 5.86. The Kier molecular flexibility index (Phi) is 4.62. The first-order chi connectivity index (χ1) is 9.16. The summed E-state index contributed by atoms with van der Waals surface area (Å²) in [7, 11) is 0. The van der Waals surface area contributed by atoms with Crippen molar-refractivity contribution in [2.24, 2.45) is 5.92 Å². The number of benzene rings is 2. The number of rotatable bonds is 5. The van der Waals surface area contributed by atoms with Gasteiger partial charge in [0, 0.05) is 0 Å². The van der Waals surface area contributed by atoms with E-state index in [0.717, 1.165) is 5.75 Å². The van der Waals surface area contributed by atoms with Crippen molar-refractivity contribution in [3.63, 3.8) is 0 Å². The molecule has 0 radical (unpaired) electrons. The minimum Gasteiger partial charge on any atom is -0.489 e. The van der Waals surface area contributed by atoms with Crippen LogP contribution in [0.2, 0.25) is 0 Å². The van der Waals surface area contributed by atoms with E-state index in [4.69, 9.17) is 4.74 Å². The fourth-order valence-corrected chi connectivity index (χ4v) is 2.01. The van der Waals surface area contributed by atoms with E-state index in [0.29, 0.717) is 18.4 Å². The van der Waals surface area contributed by atoms with Crippen molar-refractivity contribution in [1.29, 1.82) is 0 Å². The zero-order chi connectivity index (χ0) is 13.7. The van der Waals surface area contributed by atoms with E-state index >= 15 is 0 Å². The third kappa shape index (κ3) is 3.85. The minimum atomic E-state index is 0.556. The number of hydrogen-bond donors (Lipinski definition) is 0. The van der Waals surface area contributed by atoms with E-state index < -0.39 is 0 Å². The van der Waals surface area contributed by atoms with Crippen molar-refractivity contribution in [3.8, 4) is 5.75 Å². The lowest BCUT2D eigenvalue weighted by Crippen LogP contribution is -2.02. The van der Waals surface area contributed by atoms with E-state index in [1.807, 2.05) is 24.3 Å². The Morgan fingerprint density at radius 2 is 1.63 bits per heavy atom. The normalized spacial score (nSPS) is 12.4. The van der Waals surface area contributed by atoms with Gasteiger partial charge < -0.3 is 4.74 Å². The van der Waals surface area contributed by atoms with Gasteiger partial charge in [-0.05, 0) is 35.1 Å². The lowest BCUT2D eigenvalue weighted by molar-refractivity contribution is 0.305. The van der Waals surface area contributed by atoms with Gasteiger partial charge in [-0.2, -0.15) is 0 Å². The van der Waals surface area contributed by atoms with Gasteiger partial charge in [-0.25, -0.2) is 0 Å². The van der Waals surface area contributed by atoms with Gasteiger partial charge in [0.25, 0.3) is 0 Å². The standard InChI is InChI=1S/C18H22O/c1-14(2)15(3)17-10-7-11-18(12-17)19-13-16-8-5-4-6-9-16/h4-12,14-15H,13H2,1-3H3. The summed E-state index contributed by atoms with van der Waals surface area (Å²) in [6.45, 7) is 7.39. The van der Waals surface area contributed by atoms with Gasteiger partial charge in [0.15, 0.2) is 0 Å². The molecule has 0 saturated heterocycles. The molecule has 0 bridgehead atoms. The Balaban J connectivity index is 2.03. The molecule has 19 heavy (non-hydrogen) atoms. The SMILES string of the molecule is CC(C)C(C)c1cccc(OCc2ccccc2)c1. The van der Waals surface area contributed by atoms with Crippen LogP contribution in [0.25, 0.3) is 0 Å². The highest BCUT2D eigenvalue weighted by Gasteiger charge is 2.10. The molecule has 2 rings (SSSR count). The topological polar surface area (TPSA) is 9.23 Å². The van der Waals surface area contributed by atoms with Gasteiger partial charge in [0.2, 0.25) is 0 Å². The molecule has 1 unspecified atom stereocenters.